The van der Waals surface area contributed by atoms with Crippen LogP contribution in [0.4, 0.5) is 0 Å². The average molecular weight is 240 g/mol. The molecule has 2 aliphatic rings. The van der Waals surface area contributed by atoms with Crippen molar-refractivity contribution in [3.05, 3.63) is 0 Å². The fraction of sp³-hybridized carbons (Fsp3) is 1.00. The summed E-state index contributed by atoms with van der Waals surface area (Å²) in [5, 5.41) is 0. The maximum Gasteiger partial charge on any atom is 0.0624 e. The Morgan fingerprint density at radius 3 is 2.53 bits per heavy atom. The molecule has 0 aromatic rings. The summed E-state index contributed by atoms with van der Waals surface area (Å²) in [7, 11) is 0. The first kappa shape index (κ1) is 13.3. The maximum absolute atomic E-state index is 6.19. The quantitative estimate of drug-likeness (QED) is 0.817. The summed E-state index contributed by atoms with van der Waals surface area (Å²) >= 11 is 0. The van der Waals surface area contributed by atoms with Crippen LogP contribution < -0.4 is 5.73 Å². The van der Waals surface area contributed by atoms with E-state index in [1.54, 1.807) is 0 Å². The van der Waals surface area contributed by atoms with E-state index in [9.17, 15) is 0 Å². The van der Waals surface area contributed by atoms with Crippen molar-refractivity contribution in [1.29, 1.82) is 0 Å². The lowest BCUT2D eigenvalue weighted by molar-refractivity contribution is 0.0820. The average Bonchev–Trinajstić information content (AvgIpc) is 2.68. The Balaban J connectivity index is 1.94. The monoisotopic (exact) mass is 240 g/mol. The smallest absolute Gasteiger partial charge is 0.0624 e. The second kappa shape index (κ2) is 5.68. The number of nitrogens with zero attached hydrogens (tertiary/aromatic N) is 1. The zero-order valence-electron chi connectivity index (χ0n) is 11.5. The summed E-state index contributed by atoms with van der Waals surface area (Å²) in [5.74, 6) is 0. The number of hydrogen-bond donors (Lipinski definition) is 1. The number of hydrogen-bond acceptors (Lipinski definition) is 3. The fourth-order valence-corrected chi connectivity index (χ4v) is 3.30. The van der Waals surface area contributed by atoms with Crippen LogP contribution in [0.15, 0.2) is 0 Å². The standard InChI is InChI=1S/C14H28N2O/c1-3-16(12-7-5-4-6-8-12)10-14(2)11-17-9-13(14)15/h12-13H,3-11,15H2,1-2H3. The van der Waals surface area contributed by atoms with Gasteiger partial charge in [0.15, 0.2) is 0 Å². The molecular weight excluding hydrogens is 212 g/mol. The van der Waals surface area contributed by atoms with Gasteiger partial charge in [0.05, 0.1) is 13.2 Å². The number of ether oxygens (including phenoxy) is 1. The summed E-state index contributed by atoms with van der Waals surface area (Å²) < 4.78 is 5.55. The minimum absolute atomic E-state index is 0.160. The van der Waals surface area contributed by atoms with Crippen LogP contribution in [-0.2, 0) is 4.74 Å². The van der Waals surface area contributed by atoms with Gasteiger partial charge in [0.2, 0.25) is 0 Å². The molecule has 2 unspecified atom stereocenters. The third-order valence-electron chi connectivity index (χ3n) is 4.69. The van der Waals surface area contributed by atoms with Crippen molar-refractivity contribution in [2.75, 3.05) is 26.3 Å². The van der Waals surface area contributed by atoms with Gasteiger partial charge in [-0.25, -0.2) is 0 Å². The minimum Gasteiger partial charge on any atom is -0.379 e. The first-order chi connectivity index (χ1) is 8.15. The minimum atomic E-state index is 0.160. The largest absolute Gasteiger partial charge is 0.379 e. The van der Waals surface area contributed by atoms with E-state index in [2.05, 4.69) is 18.7 Å². The lowest BCUT2D eigenvalue weighted by Crippen LogP contribution is -2.50. The first-order valence-corrected chi connectivity index (χ1v) is 7.23. The molecule has 0 amide bonds. The molecule has 1 heterocycles. The Labute approximate surface area is 106 Å². The van der Waals surface area contributed by atoms with Crippen LogP contribution >= 0.6 is 0 Å². The van der Waals surface area contributed by atoms with Gasteiger partial charge in [-0.2, -0.15) is 0 Å². The molecule has 3 nitrogen and oxygen atoms in total. The van der Waals surface area contributed by atoms with Gasteiger partial charge in [0.25, 0.3) is 0 Å². The molecule has 0 aromatic carbocycles. The van der Waals surface area contributed by atoms with Crippen LogP contribution in [0.5, 0.6) is 0 Å². The summed E-state index contributed by atoms with van der Waals surface area (Å²) in [6.45, 7) is 8.38. The van der Waals surface area contributed by atoms with Gasteiger partial charge in [-0.05, 0) is 19.4 Å². The molecule has 1 saturated carbocycles. The Morgan fingerprint density at radius 2 is 2.00 bits per heavy atom. The third kappa shape index (κ3) is 3.01. The number of rotatable bonds is 4. The second-order valence-electron chi connectivity index (χ2n) is 6.13. The molecule has 17 heavy (non-hydrogen) atoms. The zero-order valence-corrected chi connectivity index (χ0v) is 11.5. The van der Waals surface area contributed by atoms with Crippen LogP contribution in [0.2, 0.25) is 0 Å². The predicted octanol–water partition coefficient (Wildman–Crippen LogP) is 2.00. The van der Waals surface area contributed by atoms with Crippen molar-refractivity contribution in [1.82, 2.24) is 4.90 Å². The van der Waals surface area contributed by atoms with E-state index in [1.807, 2.05) is 0 Å². The zero-order chi connectivity index (χ0) is 12.3. The van der Waals surface area contributed by atoms with Gasteiger partial charge in [0, 0.05) is 24.0 Å². The predicted molar refractivity (Wildman–Crippen MR) is 71.0 cm³/mol. The van der Waals surface area contributed by atoms with Crippen molar-refractivity contribution < 1.29 is 4.74 Å². The molecule has 2 rings (SSSR count). The molecule has 1 saturated heterocycles. The van der Waals surface area contributed by atoms with Gasteiger partial charge in [0.1, 0.15) is 0 Å². The van der Waals surface area contributed by atoms with Crippen LogP contribution in [-0.4, -0.2) is 43.3 Å². The van der Waals surface area contributed by atoms with E-state index in [-0.39, 0.29) is 11.5 Å². The molecule has 1 aliphatic carbocycles. The van der Waals surface area contributed by atoms with Crippen LogP contribution in [0.3, 0.4) is 0 Å². The first-order valence-electron chi connectivity index (χ1n) is 7.23. The van der Waals surface area contributed by atoms with E-state index in [0.29, 0.717) is 0 Å². The summed E-state index contributed by atoms with van der Waals surface area (Å²) in [4.78, 5) is 2.65. The molecule has 2 N–H and O–H groups in total. The van der Waals surface area contributed by atoms with Crippen molar-refractivity contribution in [3.8, 4) is 0 Å². The molecule has 0 bridgehead atoms. The van der Waals surface area contributed by atoms with Gasteiger partial charge >= 0.3 is 0 Å². The molecule has 0 aromatic heterocycles. The summed E-state index contributed by atoms with van der Waals surface area (Å²) in [5.41, 5.74) is 6.35. The second-order valence-corrected chi connectivity index (χ2v) is 6.13. The summed E-state index contributed by atoms with van der Waals surface area (Å²) in [6.07, 6.45) is 6.98. The fourth-order valence-electron chi connectivity index (χ4n) is 3.30. The van der Waals surface area contributed by atoms with E-state index < -0.39 is 0 Å². The van der Waals surface area contributed by atoms with E-state index in [4.69, 9.17) is 10.5 Å². The molecular formula is C14H28N2O. The van der Waals surface area contributed by atoms with Crippen LogP contribution in [0, 0.1) is 5.41 Å². The van der Waals surface area contributed by atoms with Crippen molar-refractivity contribution >= 4 is 0 Å². The van der Waals surface area contributed by atoms with Crippen molar-refractivity contribution in [2.24, 2.45) is 11.1 Å². The Kier molecular flexibility index (Phi) is 4.45. The normalized spacial score (nSPS) is 35.6. The summed E-state index contributed by atoms with van der Waals surface area (Å²) in [6, 6.07) is 0.999. The molecule has 2 atom stereocenters. The third-order valence-corrected chi connectivity index (χ3v) is 4.69. The highest BCUT2D eigenvalue weighted by Crippen LogP contribution is 2.31. The van der Waals surface area contributed by atoms with Crippen LogP contribution in [0.25, 0.3) is 0 Å². The highest BCUT2D eigenvalue weighted by atomic mass is 16.5. The Hall–Kier alpha value is -0.120. The maximum atomic E-state index is 6.19. The Morgan fingerprint density at radius 1 is 1.29 bits per heavy atom. The molecule has 1 aliphatic heterocycles. The Bertz CT molecular complexity index is 240. The molecule has 0 radical (unpaired) electrons. The van der Waals surface area contributed by atoms with Gasteiger partial charge in [-0.3, -0.25) is 4.90 Å². The lowest BCUT2D eigenvalue weighted by Gasteiger charge is -2.39. The van der Waals surface area contributed by atoms with Gasteiger partial charge < -0.3 is 10.5 Å². The van der Waals surface area contributed by atoms with Crippen molar-refractivity contribution in [3.63, 3.8) is 0 Å². The van der Waals surface area contributed by atoms with Gasteiger partial charge in [-0.1, -0.05) is 33.1 Å². The van der Waals surface area contributed by atoms with Crippen molar-refractivity contribution in [2.45, 2.75) is 58.0 Å². The lowest BCUT2D eigenvalue weighted by atomic mass is 9.83. The highest BCUT2D eigenvalue weighted by Gasteiger charge is 2.39. The topological polar surface area (TPSA) is 38.5 Å². The molecule has 0 spiro atoms. The molecule has 2 fully saturated rings. The number of nitrogens with two attached hydrogens (primary N) is 1. The van der Waals surface area contributed by atoms with Gasteiger partial charge in [-0.15, -0.1) is 0 Å². The van der Waals surface area contributed by atoms with E-state index in [0.717, 1.165) is 32.3 Å². The SMILES string of the molecule is CCN(CC1(C)COCC1N)C1CCCCC1. The van der Waals surface area contributed by atoms with E-state index in [1.165, 1.54) is 32.1 Å². The van der Waals surface area contributed by atoms with E-state index >= 15 is 0 Å². The highest BCUT2D eigenvalue weighted by molar-refractivity contribution is 4.93. The molecule has 3 heteroatoms. The van der Waals surface area contributed by atoms with Crippen LogP contribution in [0.1, 0.15) is 46.0 Å². The molecule has 100 valence electrons.